The highest BCUT2D eigenvalue weighted by atomic mass is 16.7. The molecule has 1 aliphatic carbocycles. The molecule has 0 unspecified atom stereocenters. The maximum absolute atomic E-state index is 13.3. The average Bonchev–Trinajstić information content (AvgIpc) is 3.59. The van der Waals surface area contributed by atoms with Crippen LogP contribution in [0.5, 0.6) is 0 Å². The van der Waals surface area contributed by atoms with E-state index in [1.165, 1.54) is 0 Å². The van der Waals surface area contributed by atoms with E-state index in [0.717, 1.165) is 56.7 Å². The predicted octanol–water partition coefficient (Wildman–Crippen LogP) is 8.16. The molecule has 2 N–H and O–H groups in total. The molecule has 1 aliphatic rings. The van der Waals surface area contributed by atoms with Crippen LogP contribution in [0.3, 0.4) is 0 Å². The first-order valence-electron chi connectivity index (χ1n) is 18.9. The van der Waals surface area contributed by atoms with Crippen LogP contribution in [0.15, 0.2) is 171 Å². The molecule has 6 aromatic rings. The van der Waals surface area contributed by atoms with Crippen LogP contribution in [0.4, 0.5) is 0 Å². The van der Waals surface area contributed by atoms with Crippen molar-refractivity contribution in [2.24, 2.45) is 0 Å². The molecule has 6 aromatic carbocycles. The van der Waals surface area contributed by atoms with Gasteiger partial charge in [0.15, 0.2) is 0 Å². The van der Waals surface area contributed by atoms with Crippen molar-refractivity contribution in [3.63, 3.8) is 0 Å². The topological polar surface area (TPSA) is 129 Å². The molecule has 2 amide bonds. The first-order chi connectivity index (χ1) is 28.9. The van der Waals surface area contributed by atoms with E-state index in [1.54, 1.807) is 24.3 Å². The Bertz CT molecular complexity index is 2350. The van der Waals surface area contributed by atoms with Crippen LogP contribution < -0.4 is 11.0 Å². The standard InChI is InChI=1S/C49H40N2O8/c1-3-45(52)56-29-31-58-50-47(54)41-17-7-5-13-37(41)33-21-25-35(26-22-33)49(43-19-11-9-15-39(43)40-16-10-12-20-44(40)49)36-27-23-34(24-28-36)38-14-6-8-18-42(38)48(55)51-59-32-30-57-46(53)4-2/h3-28H,1-2,29-32H2,(H,50,54)(H,51,55). The van der Waals surface area contributed by atoms with E-state index in [9.17, 15) is 19.2 Å². The molecule has 0 atom stereocenters. The van der Waals surface area contributed by atoms with Crippen molar-refractivity contribution in [2.45, 2.75) is 5.41 Å². The van der Waals surface area contributed by atoms with Gasteiger partial charge in [0.25, 0.3) is 11.8 Å². The summed E-state index contributed by atoms with van der Waals surface area (Å²) in [7, 11) is 0. The molecule has 0 aliphatic heterocycles. The van der Waals surface area contributed by atoms with Crippen LogP contribution in [0.25, 0.3) is 33.4 Å². The predicted molar refractivity (Wildman–Crippen MR) is 224 cm³/mol. The van der Waals surface area contributed by atoms with Gasteiger partial charge in [0.1, 0.15) is 26.4 Å². The maximum Gasteiger partial charge on any atom is 0.330 e. The van der Waals surface area contributed by atoms with Crippen molar-refractivity contribution in [3.05, 3.63) is 204 Å². The Balaban J connectivity index is 1.21. The van der Waals surface area contributed by atoms with Crippen molar-refractivity contribution in [1.29, 1.82) is 0 Å². The van der Waals surface area contributed by atoms with Crippen LogP contribution in [-0.4, -0.2) is 50.2 Å². The zero-order valence-corrected chi connectivity index (χ0v) is 32.0. The maximum atomic E-state index is 13.3. The molecule has 0 fully saturated rings. The summed E-state index contributed by atoms with van der Waals surface area (Å²) in [5.41, 5.74) is 14.7. The normalized spacial score (nSPS) is 12.0. The average molecular weight is 785 g/mol. The third-order valence-corrected chi connectivity index (χ3v) is 10.1. The Morgan fingerprint density at radius 1 is 0.458 bits per heavy atom. The number of rotatable bonds is 16. The number of hydrogen-bond acceptors (Lipinski definition) is 8. The van der Waals surface area contributed by atoms with Crippen LogP contribution in [-0.2, 0) is 34.2 Å². The van der Waals surface area contributed by atoms with Crippen molar-refractivity contribution in [3.8, 4) is 33.4 Å². The Kier molecular flexibility index (Phi) is 12.3. The second kappa shape index (κ2) is 18.2. The van der Waals surface area contributed by atoms with E-state index >= 15 is 0 Å². The Labute approximate surface area is 341 Å². The summed E-state index contributed by atoms with van der Waals surface area (Å²) >= 11 is 0. The van der Waals surface area contributed by atoms with Gasteiger partial charge in [0.05, 0.1) is 5.41 Å². The highest BCUT2D eigenvalue weighted by Gasteiger charge is 2.45. The van der Waals surface area contributed by atoms with E-state index in [2.05, 4.69) is 96.9 Å². The number of hydroxylamine groups is 2. The van der Waals surface area contributed by atoms with E-state index in [1.807, 2.05) is 48.5 Å². The summed E-state index contributed by atoms with van der Waals surface area (Å²) < 4.78 is 9.82. The SMILES string of the molecule is C=CC(=O)OCCONC(=O)c1ccccc1-c1ccc(C2(c3ccc(-c4ccccc4C(=O)NOCCOC(=O)C=C)cc3)c3ccccc3-c3ccccc32)cc1. The highest BCUT2D eigenvalue weighted by molar-refractivity contribution is 6.01. The molecule has 0 saturated heterocycles. The molecule has 0 saturated carbocycles. The number of amides is 2. The van der Waals surface area contributed by atoms with Gasteiger partial charge in [-0.2, -0.15) is 0 Å². The largest absolute Gasteiger partial charge is 0.460 e. The number of fused-ring (bicyclic) bond motifs is 3. The summed E-state index contributed by atoms with van der Waals surface area (Å²) in [6, 6.07) is 48.0. The van der Waals surface area contributed by atoms with Gasteiger partial charge < -0.3 is 9.47 Å². The summed E-state index contributed by atoms with van der Waals surface area (Å²) in [5.74, 6) is -2.02. The third-order valence-electron chi connectivity index (χ3n) is 10.1. The van der Waals surface area contributed by atoms with Crippen LogP contribution in [0, 0.1) is 0 Å². The number of hydrogen-bond donors (Lipinski definition) is 2. The van der Waals surface area contributed by atoms with E-state index in [4.69, 9.17) is 19.1 Å². The second-order valence-corrected chi connectivity index (χ2v) is 13.4. The summed E-state index contributed by atoms with van der Waals surface area (Å²) in [6.45, 7) is 6.59. The molecule has 59 heavy (non-hydrogen) atoms. The first-order valence-corrected chi connectivity index (χ1v) is 18.9. The van der Waals surface area contributed by atoms with Gasteiger partial charge in [0.2, 0.25) is 0 Å². The molecule has 10 nitrogen and oxygen atoms in total. The zero-order chi connectivity index (χ0) is 41.2. The second-order valence-electron chi connectivity index (χ2n) is 13.4. The first kappa shape index (κ1) is 39.8. The number of carbonyl (C=O) groups excluding carboxylic acids is 4. The summed E-state index contributed by atoms with van der Waals surface area (Å²) in [5, 5.41) is 0. The minimum Gasteiger partial charge on any atom is -0.460 e. The van der Waals surface area contributed by atoms with Gasteiger partial charge in [-0.3, -0.25) is 19.3 Å². The lowest BCUT2D eigenvalue weighted by Gasteiger charge is -2.34. The van der Waals surface area contributed by atoms with Crippen LogP contribution in [0.1, 0.15) is 43.0 Å². The quantitative estimate of drug-likeness (QED) is 0.0435. The minimum absolute atomic E-state index is 0.0248. The zero-order valence-electron chi connectivity index (χ0n) is 32.0. The number of ether oxygens (including phenoxy) is 2. The van der Waals surface area contributed by atoms with Crippen molar-refractivity contribution >= 4 is 23.8 Å². The molecule has 0 spiro atoms. The summed E-state index contributed by atoms with van der Waals surface area (Å²) in [4.78, 5) is 59.7. The molecule has 0 radical (unpaired) electrons. The van der Waals surface area contributed by atoms with Crippen molar-refractivity contribution in [1.82, 2.24) is 11.0 Å². The lowest BCUT2D eigenvalue weighted by molar-refractivity contribution is -0.140. The lowest BCUT2D eigenvalue weighted by atomic mass is 9.67. The molecular weight excluding hydrogens is 745 g/mol. The highest BCUT2D eigenvalue weighted by Crippen LogP contribution is 2.56. The molecule has 0 aromatic heterocycles. The summed E-state index contributed by atoms with van der Waals surface area (Å²) in [6.07, 6.45) is 2.12. The fourth-order valence-electron chi connectivity index (χ4n) is 7.52. The fraction of sp³-hybridized carbons (Fsp3) is 0.102. The Hall–Kier alpha value is -7.40. The van der Waals surface area contributed by atoms with Gasteiger partial charge >= 0.3 is 11.9 Å². The number of carbonyl (C=O) groups is 4. The van der Waals surface area contributed by atoms with Gasteiger partial charge in [0, 0.05) is 23.3 Å². The fourth-order valence-corrected chi connectivity index (χ4v) is 7.52. The lowest BCUT2D eigenvalue weighted by Crippen LogP contribution is -2.28. The number of nitrogens with one attached hydrogen (secondary N) is 2. The Morgan fingerprint density at radius 2 is 0.814 bits per heavy atom. The van der Waals surface area contributed by atoms with Crippen molar-refractivity contribution in [2.75, 3.05) is 26.4 Å². The van der Waals surface area contributed by atoms with Crippen LogP contribution in [0.2, 0.25) is 0 Å². The van der Waals surface area contributed by atoms with E-state index < -0.39 is 29.2 Å². The monoisotopic (exact) mass is 784 g/mol. The van der Waals surface area contributed by atoms with Crippen LogP contribution >= 0.6 is 0 Å². The molecule has 10 heteroatoms. The Morgan fingerprint density at radius 3 is 1.20 bits per heavy atom. The molecule has 0 heterocycles. The minimum atomic E-state index is -0.705. The molecular formula is C49H40N2O8. The molecule has 7 rings (SSSR count). The van der Waals surface area contributed by atoms with Gasteiger partial charge in [-0.05, 0) is 67.8 Å². The van der Waals surface area contributed by atoms with Gasteiger partial charge in [-0.25, -0.2) is 20.5 Å². The smallest absolute Gasteiger partial charge is 0.330 e. The number of benzene rings is 6. The van der Waals surface area contributed by atoms with E-state index in [-0.39, 0.29) is 26.4 Å². The van der Waals surface area contributed by atoms with E-state index in [0.29, 0.717) is 22.3 Å². The molecule has 294 valence electrons. The molecule has 0 bridgehead atoms. The number of esters is 2. The van der Waals surface area contributed by atoms with Crippen molar-refractivity contribution < 1.29 is 38.3 Å². The third kappa shape index (κ3) is 8.22. The van der Waals surface area contributed by atoms with Gasteiger partial charge in [-0.15, -0.1) is 0 Å². The van der Waals surface area contributed by atoms with Gasteiger partial charge in [-0.1, -0.05) is 147 Å².